The van der Waals surface area contributed by atoms with E-state index in [1.807, 2.05) is 6.07 Å². The number of hydrogen-bond acceptors (Lipinski definition) is 1. The molecule has 0 spiro atoms. The Hall–Kier alpha value is -1.50. The summed E-state index contributed by atoms with van der Waals surface area (Å²) in [5.74, 6) is 0. The number of fused-ring (bicyclic) bond motifs is 1. The summed E-state index contributed by atoms with van der Waals surface area (Å²) in [5.41, 5.74) is 3.67. The summed E-state index contributed by atoms with van der Waals surface area (Å²) in [6.07, 6.45) is 0. The standard InChI is InChI=1S/C10H11N.C2H4/c1-7-9-5-3-4-6-10(9)8(2)11-7;1-2/h3-6,8,11H,1H2,2H3;1-2H2. The normalized spacial score (nSPS) is 18.2. The second kappa shape index (κ2) is 3.94. The van der Waals surface area contributed by atoms with Crippen molar-refractivity contribution in [1.82, 2.24) is 5.32 Å². The Morgan fingerprint density at radius 1 is 1.23 bits per heavy atom. The molecule has 0 aromatic heterocycles. The smallest absolute Gasteiger partial charge is 0.0492 e. The first-order valence-corrected chi connectivity index (χ1v) is 4.34. The van der Waals surface area contributed by atoms with E-state index in [9.17, 15) is 0 Å². The van der Waals surface area contributed by atoms with Crippen LogP contribution in [0.25, 0.3) is 5.70 Å². The van der Waals surface area contributed by atoms with E-state index in [-0.39, 0.29) is 0 Å². The fourth-order valence-corrected chi connectivity index (χ4v) is 1.57. The van der Waals surface area contributed by atoms with Crippen LogP contribution in [0.1, 0.15) is 24.1 Å². The van der Waals surface area contributed by atoms with Gasteiger partial charge in [-0.3, -0.25) is 0 Å². The third-order valence-electron chi connectivity index (χ3n) is 2.14. The van der Waals surface area contributed by atoms with Crippen molar-refractivity contribution in [2.24, 2.45) is 0 Å². The van der Waals surface area contributed by atoms with E-state index in [0.29, 0.717) is 6.04 Å². The topological polar surface area (TPSA) is 12.0 Å². The zero-order valence-corrected chi connectivity index (χ0v) is 8.01. The highest BCUT2D eigenvalue weighted by Gasteiger charge is 2.18. The Balaban J connectivity index is 0.000000396. The summed E-state index contributed by atoms with van der Waals surface area (Å²) in [6, 6.07) is 8.79. The Bertz CT molecular complexity index is 315. The molecule has 2 rings (SSSR count). The van der Waals surface area contributed by atoms with Crippen molar-refractivity contribution in [1.29, 1.82) is 0 Å². The third kappa shape index (κ3) is 1.64. The fraction of sp³-hybridized carbons (Fsp3) is 0.167. The van der Waals surface area contributed by atoms with Crippen molar-refractivity contribution in [2.45, 2.75) is 13.0 Å². The SMILES string of the molecule is C=C.C=C1NC(C)c2ccccc21. The maximum absolute atomic E-state index is 3.93. The Kier molecular flexibility index (Phi) is 2.91. The van der Waals surface area contributed by atoms with E-state index in [0.717, 1.165) is 5.70 Å². The zero-order chi connectivity index (χ0) is 9.84. The number of nitrogens with one attached hydrogen (secondary N) is 1. The van der Waals surface area contributed by atoms with Gasteiger partial charge in [0.2, 0.25) is 0 Å². The lowest BCUT2D eigenvalue weighted by molar-refractivity contribution is 0.737. The first-order chi connectivity index (χ1) is 6.29. The van der Waals surface area contributed by atoms with Gasteiger partial charge in [0.25, 0.3) is 0 Å². The molecule has 1 aliphatic rings. The van der Waals surface area contributed by atoms with Crippen LogP contribution in [-0.2, 0) is 0 Å². The van der Waals surface area contributed by atoms with Crippen molar-refractivity contribution < 1.29 is 0 Å². The van der Waals surface area contributed by atoms with Gasteiger partial charge >= 0.3 is 0 Å². The van der Waals surface area contributed by atoms with E-state index >= 15 is 0 Å². The highest BCUT2D eigenvalue weighted by Crippen LogP contribution is 2.30. The predicted molar refractivity (Wildman–Crippen MR) is 58.3 cm³/mol. The van der Waals surface area contributed by atoms with E-state index in [4.69, 9.17) is 0 Å². The molecule has 0 amide bonds. The van der Waals surface area contributed by atoms with Crippen LogP contribution in [0.15, 0.2) is 44.0 Å². The minimum Gasteiger partial charge on any atom is -0.378 e. The van der Waals surface area contributed by atoms with Crippen LogP contribution in [0, 0.1) is 0 Å². The largest absolute Gasteiger partial charge is 0.378 e. The van der Waals surface area contributed by atoms with E-state index < -0.39 is 0 Å². The van der Waals surface area contributed by atoms with Crippen LogP contribution >= 0.6 is 0 Å². The van der Waals surface area contributed by atoms with Gasteiger partial charge in [-0.05, 0) is 12.5 Å². The third-order valence-corrected chi connectivity index (χ3v) is 2.14. The van der Waals surface area contributed by atoms with Gasteiger partial charge in [-0.15, -0.1) is 13.2 Å². The van der Waals surface area contributed by atoms with Gasteiger partial charge in [0.05, 0.1) is 0 Å². The lowest BCUT2D eigenvalue weighted by Crippen LogP contribution is -2.05. The molecule has 0 radical (unpaired) electrons. The molecule has 0 bridgehead atoms. The van der Waals surface area contributed by atoms with E-state index in [1.54, 1.807) is 0 Å². The van der Waals surface area contributed by atoms with Crippen molar-refractivity contribution >= 4 is 5.70 Å². The summed E-state index contributed by atoms with van der Waals surface area (Å²) in [4.78, 5) is 0. The Morgan fingerprint density at radius 3 is 2.46 bits per heavy atom. The first-order valence-electron chi connectivity index (χ1n) is 4.34. The second-order valence-electron chi connectivity index (χ2n) is 2.93. The highest BCUT2D eigenvalue weighted by molar-refractivity contribution is 5.69. The maximum Gasteiger partial charge on any atom is 0.0492 e. The van der Waals surface area contributed by atoms with Gasteiger partial charge in [0.15, 0.2) is 0 Å². The van der Waals surface area contributed by atoms with Crippen LogP contribution in [0.3, 0.4) is 0 Å². The zero-order valence-electron chi connectivity index (χ0n) is 8.01. The lowest BCUT2D eigenvalue weighted by Gasteiger charge is -2.02. The van der Waals surface area contributed by atoms with Gasteiger partial charge in [-0.1, -0.05) is 30.8 Å². The van der Waals surface area contributed by atoms with E-state index in [2.05, 4.69) is 50.2 Å². The summed E-state index contributed by atoms with van der Waals surface area (Å²) < 4.78 is 0. The van der Waals surface area contributed by atoms with Gasteiger partial charge < -0.3 is 5.32 Å². The number of rotatable bonds is 0. The molecular formula is C12H15N. The fourth-order valence-electron chi connectivity index (χ4n) is 1.57. The molecule has 1 heterocycles. The second-order valence-corrected chi connectivity index (χ2v) is 2.93. The highest BCUT2D eigenvalue weighted by atomic mass is 14.9. The molecule has 1 atom stereocenters. The average Bonchev–Trinajstić information content (AvgIpc) is 2.47. The van der Waals surface area contributed by atoms with Crippen LogP contribution in [0.5, 0.6) is 0 Å². The molecular weight excluding hydrogens is 158 g/mol. The maximum atomic E-state index is 3.93. The van der Waals surface area contributed by atoms with Crippen molar-refractivity contribution in [3.05, 3.63) is 55.1 Å². The van der Waals surface area contributed by atoms with E-state index in [1.165, 1.54) is 11.1 Å². The van der Waals surface area contributed by atoms with Gasteiger partial charge in [0.1, 0.15) is 0 Å². The summed E-state index contributed by atoms with van der Waals surface area (Å²) >= 11 is 0. The minimum atomic E-state index is 0.429. The van der Waals surface area contributed by atoms with Crippen molar-refractivity contribution in [3.8, 4) is 0 Å². The quantitative estimate of drug-likeness (QED) is 0.594. The molecule has 1 N–H and O–H groups in total. The van der Waals surface area contributed by atoms with Crippen LogP contribution < -0.4 is 5.32 Å². The predicted octanol–water partition coefficient (Wildman–Crippen LogP) is 3.12. The average molecular weight is 173 g/mol. The summed E-state index contributed by atoms with van der Waals surface area (Å²) in [6.45, 7) is 12.1. The lowest BCUT2D eigenvalue weighted by atomic mass is 10.1. The molecule has 0 saturated heterocycles. The summed E-state index contributed by atoms with van der Waals surface area (Å²) in [7, 11) is 0. The molecule has 0 aliphatic carbocycles. The molecule has 0 saturated carbocycles. The first kappa shape index (κ1) is 9.59. The van der Waals surface area contributed by atoms with Crippen molar-refractivity contribution in [2.75, 3.05) is 0 Å². The van der Waals surface area contributed by atoms with Gasteiger partial charge in [-0.2, -0.15) is 0 Å². The molecule has 0 fully saturated rings. The van der Waals surface area contributed by atoms with Gasteiger partial charge in [0, 0.05) is 17.3 Å². The molecule has 1 aromatic rings. The summed E-state index contributed by atoms with van der Waals surface area (Å²) in [5, 5.41) is 3.29. The minimum absolute atomic E-state index is 0.429. The van der Waals surface area contributed by atoms with Crippen molar-refractivity contribution in [3.63, 3.8) is 0 Å². The van der Waals surface area contributed by atoms with Crippen LogP contribution in [-0.4, -0.2) is 0 Å². The molecule has 1 nitrogen and oxygen atoms in total. The number of benzene rings is 1. The number of hydrogen-bond donors (Lipinski definition) is 1. The Morgan fingerprint density at radius 2 is 1.85 bits per heavy atom. The molecule has 1 aromatic carbocycles. The molecule has 13 heavy (non-hydrogen) atoms. The van der Waals surface area contributed by atoms with Gasteiger partial charge in [-0.25, -0.2) is 0 Å². The monoisotopic (exact) mass is 173 g/mol. The van der Waals surface area contributed by atoms with Crippen LogP contribution in [0.4, 0.5) is 0 Å². The Labute approximate surface area is 79.8 Å². The molecule has 1 unspecified atom stereocenters. The molecule has 68 valence electrons. The van der Waals surface area contributed by atoms with Crippen LogP contribution in [0.2, 0.25) is 0 Å². The molecule has 1 heteroatoms. The molecule has 1 aliphatic heterocycles.